The third kappa shape index (κ3) is 3.86. The van der Waals surface area contributed by atoms with Crippen LogP contribution >= 0.6 is 11.3 Å². The van der Waals surface area contributed by atoms with Crippen molar-refractivity contribution in [3.63, 3.8) is 0 Å². The number of anilines is 2. The van der Waals surface area contributed by atoms with Gasteiger partial charge in [0.1, 0.15) is 5.75 Å². The number of phenolic OH excluding ortho intramolecular Hbond substituents is 1. The number of nitrogens with zero attached hydrogens (tertiary/aromatic N) is 1. The molecule has 0 saturated heterocycles. The number of aromatic nitrogens is 1. The molecule has 2 N–H and O–H groups in total. The van der Waals surface area contributed by atoms with E-state index in [9.17, 15) is 5.11 Å². The summed E-state index contributed by atoms with van der Waals surface area (Å²) in [7, 11) is 0. The smallest absolute Gasteiger partial charge is 0.187 e. The minimum Gasteiger partial charge on any atom is -0.507 e. The monoisotopic (exact) mass is 332 g/mol. The number of nitrogens with one attached hydrogen (secondary N) is 1. The van der Waals surface area contributed by atoms with E-state index in [0.717, 1.165) is 27.6 Å². The number of hydrogen-bond donors (Lipinski definition) is 2. The lowest BCUT2D eigenvalue weighted by Crippen LogP contribution is -2.17. The molecule has 0 aliphatic heterocycles. The molecule has 0 atom stereocenters. The van der Waals surface area contributed by atoms with Crippen LogP contribution in [0.2, 0.25) is 0 Å². The quantitative estimate of drug-likeness (QED) is 0.683. The molecule has 0 aliphatic rings. The summed E-state index contributed by atoms with van der Waals surface area (Å²) in [6, 6.07) is 4.08. The van der Waals surface area contributed by atoms with Crippen molar-refractivity contribution in [1.29, 1.82) is 0 Å². The van der Waals surface area contributed by atoms with Gasteiger partial charge < -0.3 is 10.4 Å². The number of aryl methyl sites for hydroxylation is 2. The van der Waals surface area contributed by atoms with Gasteiger partial charge in [0.15, 0.2) is 5.13 Å². The summed E-state index contributed by atoms with van der Waals surface area (Å²) < 4.78 is 0. The number of thiazole rings is 1. The molecule has 0 fully saturated rings. The molecule has 3 nitrogen and oxygen atoms in total. The molecule has 0 bridgehead atoms. The van der Waals surface area contributed by atoms with Crippen molar-refractivity contribution in [2.24, 2.45) is 0 Å². The third-order valence-electron chi connectivity index (χ3n) is 4.01. The molecular weight excluding hydrogens is 304 g/mol. The zero-order valence-corrected chi connectivity index (χ0v) is 16.3. The van der Waals surface area contributed by atoms with Gasteiger partial charge in [0.05, 0.1) is 5.69 Å². The summed E-state index contributed by atoms with van der Waals surface area (Å²) in [5.74, 6) is 0.405. The van der Waals surface area contributed by atoms with Crippen molar-refractivity contribution in [1.82, 2.24) is 4.98 Å². The molecule has 126 valence electrons. The average Bonchev–Trinajstić information content (AvgIpc) is 2.67. The molecule has 23 heavy (non-hydrogen) atoms. The fourth-order valence-electron chi connectivity index (χ4n) is 2.50. The molecule has 1 aromatic heterocycles. The van der Waals surface area contributed by atoms with Gasteiger partial charge in [0, 0.05) is 21.7 Å². The highest BCUT2D eigenvalue weighted by molar-refractivity contribution is 7.15. The standard InChI is InChI=1S/C19H28N2OS/c1-11-12(2)23-17(20-11)21-13-9-14(18(3,4)5)16(22)15(10-13)19(6,7)8/h9-10,22H,1-8H3,(H,20,21). The first-order chi connectivity index (χ1) is 10.4. The van der Waals surface area contributed by atoms with E-state index < -0.39 is 0 Å². The Kier molecular flexibility index (Phi) is 4.51. The Hall–Kier alpha value is -1.55. The normalized spacial score (nSPS) is 12.5. The van der Waals surface area contributed by atoms with Crippen LogP contribution in [0.3, 0.4) is 0 Å². The third-order valence-corrected chi connectivity index (χ3v) is 4.99. The molecule has 0 radical (unpaired) electrons. The molecule has 0 aliphatic carbocycles. The van der Waals surface area contributed by atoms with Crippen LogP contribution in [-0.2, 0) is 10.8 Å². The fourth-order valence-corrected chi connectivity index (χ4v) is 3.33. The van der Waals surface area contributed by atoms with Crippen molar-refractivity contribution in [3.8, 4) is 5.75 Å². The summed E-state index contributed by atoms with van der Waals surface area (Å²) in [4.78, 5) is 5.78. The molecular formula is C19H28N2OS. The highest BCUT2D eigenvalue weighted by Crippen LogP contribution is 2.41. The Morgan fingerprint density at radius 1 is 0.957 bits per heavy atom. The van der Waals surface area contributed by atoms with Crippen LogP contribution < -0.4 is 5.32 Å². The number of benzene rings is 1. The number of aromatic hydroxyl groups is 1. The number of rotatable bonds is 2. The Morgan fingerprint density at radius 3 is 1.78 bits per heavy atom. The summed E-state index contributed by atoms with van der Waals surface area (Å²) >= 11 is 1.66. The van der Waals surface area contributed by atoms with Crippen LogP contribution in [0, 0.1) is 13.8 Å². The molecule has 1 aromatic carbocycles. The average molecular weight is 333 g/mol. The van der Waals surface area contributed by atoms with E-state index in [-0.39, 0.29) is 10.8 Å². The van der Waals surface area contributed by atoms with Gasteiger partial charge in [-0.1, -0.05) is 41.5 Å². The topological polar surface area (TPSA) is 45.2 Å². The van der Waals surface area contributed by atoms with E-state index >= 15 is 0 Å². The summed E-state index contributed by atoms with van der Waals surface area (Å²) in [5, 5.41) is 15.1. The second-order valence-corrected chi connectivity index (χ2v) is 9.41. The molecule has 1 heterocycles. The van der Waals surface area contributed by atoms with Gasteiger partial charge in [-0.05, 0) is 36.8 Å². The Balaban J connectivity index is 2.55. The maximum Gasteiger partial charge on any atom is 0.187 e. The largest absolute Gasteiger partial charge is 0.507 e. The van der Waals surface area contributed by atoms with Crippen LogP contribution in [0.4, 0.5) is 10.8 Å². The van der Waals surface area contributed by atoms with E-state index in [1.807, 2.05) is 19.1 Å². The highest BCUT2D eigenvalue weighted by Gasteiger charge is 2.26. The first-order valence-electron chi connectivity index (χ1n) is 7.98. The lowest BCUT2D eigenvalue weighted by molar-refractivity contribution is 0.423. The zero-order chi connectivity index (χ0) is 17.6. The Labute approximate surface area is 143 Å². The molecule has 4 heteroatoms. The summed E-state index contributed by atoms with van der Waals surface area (Å²) in [6.07, 6.45) is 0. The summed E-state index contributed by atoms with van der Waals surface area (Å²) in [5.41, 5.74) is 3.69. The van der Waals surface area contributed by atoms with Gasteiger partial charge >= 0.3 is 0 Å². The Bertz CT molecular complexity index is 663. The second kappa shape index (κ2) is 5.82. The van der Waals surface area contributed by atoms with E-state index in [1.54, 1.807) is 11.3 Å². The van der Waals surface area contributed by atoms with Gasteiger partial charge in [0.2, 0.25) is 0 Å². The highest BCUT2D eigenvalue weighted by atomic mass is 32.1. The predicted octanol–water partition coefficient (Wildman–Crippen LogP) is 5.80. The van der Waals surface area contributed by atoms with Crippen molar-refractivity contribution >= 4 is 22.2 Å². The van der Waals surface area contributed by atoms with Gasteiger partial charge in [-0.15, -0.1) is 11.3 Å². The first kappa shape index (κ1) is 17.8. The summed E-state index contributed by atoms with van der Waals surface area (Å²) in [6.45, 7) is 16.8. The van der Waals surface area contributed by atoms with Gasteiger partial charge in [-0.3, -0.25) is 0 Å². The zero-order valence-electron chi connectivity index (χ0n) is 15.5. The van der Waals surface area contributed by atoms with Gasteiger partial charge in [-0.2, -0.15) is 0 Å². The molecule has 0 unspecified atom stereocenters. The molecule has 2 rings (SSSR count). The van der Waals surface area contributed by atoms with Crippen LogP contribution in [0.5, 0.6) is 5.75 Å². The van der Waals surface area contributed by atoms with Gasteiger partial charge in [-0.25, -0.2) is 4.98 Å². The Morgan fingerprint density at radius 2 is 1.43 bits per heavy atom. The number of phenols is 1. The van der Waals surface area contributed by atoms with Crippen molar-refractivity contribution in [2.75, 3.05) is 5.32 Å². The maximum absolute atomic E-state index is 10.8. The second-order valence-electron chi connectivity index (χ2n) is 8.21. The van der Waals surface area contributed by atoms with Crippen LogP contribution in [0.25, 0.3) is 0 Å². The van der Waals surface area contributed by atoms with Crippen molar-refractivity contribution in [3.05, 3.63) is 33.8 Å². The van der Waals surface area contributed by atoms with Crippen molar-refractivity contribution < 1.29 is 5.11 Å². The molecule has 0 spiro atoms. The number of hydrogen-bond acceptors (Lipinski definition) is 4. The van der Waals surface area contributed by atoms with Crippen LogP contribution in [0.15, 0.2) is 12.1 Å². The van der Waals surface area contributed by atoms with E-state index in [0.29, 0.717) is 5.75 Å². The van der Waals surface area contributed by atoms with Crippen molar-refractivity contribution in [2.45, 2.75) is 66.2 Å². The SMILES string of the molecule is Cc1nc(Nc2cc(C(C)(C)C)c(O)c(C(C)(C)C)c2)sc1C. The predicted molar refractivity (Wildman–Crippen MR) is 100 cm³/mol. The maximum atomic E-state index is 10.8. The van der Waals surface area contributed by atoms with Gasteiger partial charge in [0.25, 0.3) is 0 Å². The van der Waals surface area contributed by atoms with Crippen LogP contribution in [-0.4, -0.2) is 10.1 Å². The minimum atomic E-state index is -0.128. The lowest BCUT2D eigenvalue weighted by atomic mass is 9.79. The van der Waals surface area contributed by atoms with E-state index in [1.165, 1.54) is 4.88 Å². The fraction of sp³-hybridized carbons (Fsp3) is 0.526. The first-order valence-corrected chi connectivity index (χ1v) is 8.80. The van der Waals surface area contributed by atoms with E-state index in [2.05, 4.69) is 58.8 Å². The molecule has 2 aromatic rings. The van der Waals surface area contributed by atoms with Crippen LogP contribution in [0.1, 0.15) is 63.2 Å². The minimum absolute atomic E-state index is 0.128. The van der Waals surface area contributed by atoms with E-state index in [4.69, 9.17) is 0 Å². The molecule has 0 amide bonds. The molecule has 0 saturated carbocycles. The lowest BCUT2D eigenvalue weighted by Gasteiger charge is -2.28.